The highest BCUT2D eigenvalue weighted by Gasteiger charge is 2.17. The van der Waals surface area contributed by atoms with E-state index in [9.17, 15) is 13.6 Å². The van der Waals surface area contributed by atoms with E-state index in [1.165, 1.54) is 30.8 Å². The molecule has 0 spiro atoms. The van der Waals surface area contributed by atoms with Crippen LogP contribution in [0.15, 0.2) is 35.3 Å². The van der Waals surface area contributed by atoms with Gasteiger partial charge < -0.3 is 5.32 Å². The van der Waals surface area contributed by atoms with Crippen LogP contribution in [0.3, 0.4) is 0 Å². The molecular weight excluding hydrogens is 276 g/mol. The summed E-state index contributed by atoms with van der Waals surface area (Å²) < 4.78 is 27.9. The molecular formula is C15H15F2N3O. The molecule has 0 unspecified atom stereocenters. The van der Waals surface area contributed by atoms with E-state index in [0.717, 1.165) is 23.6 Å². The summed E-state index contributed by atoms with van der Waals surface area (Å²) >= 11 is 0. The molecule has 0 saturated heterocycles. The highest BCUT2D eigenvalue weighted by Crippen LogP contribution is 2.22. The van der Waals surface area contributed by atoms with Crippen molar-refractivity contribution in [2.45, 2.75) is 31.8 Å². The van der Waals surface area contributed by atoms with Gasteiger partial charge in [0.15, 0.2) is 11.6 Å². The van der Waals surface area contributed by atoms with Crippen LogP contribution in [0.2, 0.25) is 0 Å². The van der Waals surface area contributed by atoms with Crippen molar-refractivity contribution < 1.29 is 8.78 Å². The van der Waals surface area contributed by atoms with E-state index >= 15 is 0 Å². The zero-order chi connectivity index (χ0) is 14.8. The zero-order valence-electron chi connectivity index (χ0n) is 11.4. The first kappa shape index (κ1) is 13.7. The molecule has 1 saturated carbocycles. The summed E-state index contributed by atoms with van der Waals surface area (Å²) in [6.45, 7) is -0.0911. The van der Waals surface area contributed by atoms with Gasteiger partial charge in [-0.2, -0.15) is 5.10 Å². The summed E-state index contributed by atoms with van der Waals surface area (Å²) in [5.74, 6) is -1.87. The first-order chi connectivity index (χ1) is 10.1. The second-order valence-electron chi connectivity index (χ2n) is 5.23. The minimum atomic E-state index is -0.942. The minimum absolute atomic E-state index is 0.0911. The van der Waals surface area contributed by atoms with Crippen molar-refractivity contribution in [3.63, 3.8) is 0 Å². The highest BCUT2D eigenvalue weighted by molar-refractivity contribution is 5.40. The summed E-state index contributed by atoms with van der Waals surface area (Å²) in [4.78, 5) is 12.0. The van der Waals surface area contributed by atoms with Gasteiger partial charge in [-0.05, 0) is 25.3 Å². The van der Waals surface area contributed by atoms with Crippen LogP contribution in [-0.4, -0.2) is 15.8 Å². The molecule has 1 heterocycles. The molecule has 110 valence electrons. The predicted octanol–water partition coefficient (Wildman–Crippen LogP) is 2.53. The molecule has 0 aliphatic heterocycles. The zero-order valence-corrected chi connectivity index (χ0v) is 11.4. The summed E-state index contributed by atoms with van der Waals surface area (Å²) in [7, 11) is 0. The molecule has 21 heavy (non-hydrogen) atoms. The average Bonchev–Trinajstić information content (AvgIpc) is 2.42. The van der Waals surface area contributed by atoms with Crippen molar-refractivity contribution in [2.24, 2.45) is 0 Å². The van der Waals surface area contributed by atoms with Gasteiger partial charge in [0.05, 0.1) is 18.4 Å². The van der Waals surface area contributed by atoms with Gasteiger partial charge in [0, 0.05) is 17.7 Å². The molecule has 4 nitrogen and oxygen atoms in total. The molecule has 0 atom stereocenters. The average molecular weight is 291 g/mol. The van der Waals surface area contributed by atoms with Gasteiger partial charge >= 0.3 is 0 Å². The van der Waals surface area contributed by atoms with E-state index < -0.39 is 11.6 Å². The van der Waals surface area contributed by atoms with Crippen molar-refractivity contribution in [3.8, 4) is 0 Å². The third kappa shape index (κ3) is 2.94. The number of aromatic nitrogens is 2. The summed E-state index contributed by atoms with van der Waals surface area (Å²) in [6.07, 6.45) is 4.92. The lowest BCUT2D eigenvalue weighted by Gasteiger charge is -2.27. The summed E-state index contributed by atoms with van der Waals surface area (Å²) in [5, 5.41) is 7.23. The normalized spacial score (nSPS) is 14.8. The molecule has 1 aromatic carbocycles. The second-order valence-corrected chi connectivity index (χ2v) is 5.23. The fraction of sp³-hybridized carbons (Fsp3) is 0.333. The molecule has 0 bridgehead atoms. The number of hydrogen-bond donors (Lipinski definition) is 1. The van der Waals surface area contributed by atoms with Crippen LogP contribution in [0.1, 0.15) is 24.8 Å². The maximum atomic E-state index is 13.6. The maximum absolute atomic E-state index is 13.6. The fourth-order valence-electron chi connectivity index (χ4n) is 2.25. The van der Waals surface area contributed by atoms with E-state index in [0.29, 0.717) is 11.7 Å². The SMILES string of the molecule is O=c1cc(NC2CCC2)cnn1Cc1cccc(F)c1F. The lowest BCUT2D eigenvalue weighted by molar-refractivity contribution is 0.445. The van der Waals surface area contributed by atoms with E-state index in [-0.39, 0.29) is 17.7 Å². The standard InChI is InChI=1S/C15H15F2N3O/c16-13-6-1-3-10(15(13)17)9-20-14(21)7-12(8-18-20)19-11-4-2-5-11/h1,3,6-8,11,19H,2,4-5,9H2. The Bertz CT molecular complexity index is 710. The smallest absolute Gasteiger partial charge is 0.269 e. The molecule has 2 aromatic rings. The molecule has 1 N–H and O–H groups in total. The van der Waals surface area contributed by atoms with Crippen LogP contribution in [0.4, 0.5) is 14.5 Å². The van der Waals surface area contributed by atoms with E-state index in [1.54, 1.807) is 0 Å². The van der Waals surface area contributed by atoms with Crippen molar-refractivity contribution >= 4 is 5.69 Å². The Kier molecular flexibility index (Phi) is 3.68. The van der Waals surface area contributed by atoms with Gasteiger partial charge in [-0.15, -0.1) is 0 Å². The molecule has 1 aliphatic carbocycles. The van der Waals surface area contributed by atoms with Crippen molar-refractivity contribution in [1.29, 1.82) is 0 Å². The number of nitrogens with zero attached hydrogens (tertiary/aromatic N) is 2. The third-order valence-electron chi connectivity index (χ3n) is 3.70. The largest absolute Gasteiger partial charge is 0.381 e. The Morgan fingerprint density at radius 1 is 1.33 bits per heavy atom. The van der Waals surface area contributed by atoms with Crippen LogP contribution in [-0.2, 0) is 6.54 Å². The molecule has 0 radical (unpaired) electrons. The quantitative estimate of drug-likeness (QED) is 0.941. The number of hydrogen-bond acceptors (Lipinski definition) is 3. The molecule has 1 aliphatic rings. The van der Waals surface area contributed by atoms with Gasteiger partial charge in [0.1, 0.15) is 0 Å². The van der Waals surface area contributed by atoms with Crippen LogP contribution in [0.5, 0.6) is 0 Å². The first-order valence-corrected chi connectivity index (χ1v) is 6.90. The second kappa shape index (κ2) is 5.63. The number of benzene rings is 1. The lowest BCUT2D eigenvalue weighted by Crippen LogP contribution is -2.29. The monoisotopic (exact) mass is 291 g/mol. The minimum Gasteiger partial charge on any atom is -0.381 e. The number of rotatable bonds is 4. The number of nitrogens with one attached hydrogen (secondary N) is 1. The topological polar surface area (TPSA) is 46.9 Å². The van der Waals surface area contributed by atoms with Crippen LogP contribution < -0.4 is 10.9 Å². The molecule has 1 fully saturated rings. The van der Waals surface area contributed by atoms with E-state index in [4.69, 9.17) is 0 Å². The van der Waals surface area contributed by atoms with Gasteiger partial charge in [-0.3, -0.25) is 4.79 Å². The number of anilines is 1. The Labute approximate surface area is 120 Å². The van der Waals surface area contributed by atoms with Crippen LogP contribution in [0.25, 0.3) is 0 Å². The van der Waals surface area contributed by atoms with Gasteiger partial charge in [0.2, 0.25) is 0 Å². The van der Waals surface area contributed by atoms with Crippen molar-refractivity contribution in [2.75, 3.05) is 5.32 Å². The molecule has 3 rings (SSSR count). The molecule has 1 aromatic heterocycles. The van der Waals surface area contributed by atoms with Crippen molar-refractivity contribution in [1.82, 2.24) is 9.78 Å². The Morgan fingerprint density at radius 3 is 2.81 bits per heavy atom. The van der Waals surface area contributed by atoms with Crippen LogP contribution in [0, 0.1) is 11.6 Å². The Hall–Kier alpha value is -2.24. The predicted molar refractivity (Wildman–Crippen MR) is 75.2 cm³/mol. The first-order valence-electron chi connectivity index (χ1n) is 6.90. The van der Waals surface area contributed by atoms with E-state index in [1.807, 2.05) is 0 Å². The molecule has 6 heteroatoms. The van der Waals surface area contributed by atoms with E-state index in [2.05, 4.69) is 10.4 Å². The van der Waals surface area contributed by atoms with Crippen LogP contribution >= 0.6 is 0 Å². The van der Waals surface area contributed by atoms with Gasteiger partial charge in [0.25, 0.3) is 5.56 Å². The molecule has 0 amide bonds. The van der Waals surface area contributed by atoms with Gasteiger partial charge in [-0.1, -0.05) is 12.1 Å². The summed E-state index contributed by atoms with van der Waals surface area (Å²) in [5.41, 5.74) is 0.424. The fourth-order valence-corrected chi connectivity index (χ4v) is 2.25. The Balaban J connectivity index is 1.79. The third-order valence-corrected chi connectivity index (χ3v) is 3.70. The highest BCUT2D eigenvalue weighted by atomic mass is 19.2. The van der Waals surface area contributed by atoms with Gasteiger partial charge in [-0.25, -0.2) is 13.5 Å². The van der Waals surface area contributed by atoms with Crippen molar-refractivity contribution in [3.05, 3.63) is 58.0 Å². The number of halogens is 2. The summed E-state index contributed by atoms with van der Waals surface area (Å²) in [6, 6.07) is 5.73. The maximum Gasteiger partial charge on any atom is 0.269 e. The lowest BCUT2D eigenvalue weighted by atomic mass is 9.93. The Morgan fingerprint density at radius 2 is 2.14 bits per heavy atom.